The molecule has 1 aromatic carbocycles. The second kappa shape index (κ2) is 3.74. The lowest BCUT2D eigenvalue weighted by Gasteiger charge is -2.03. The third-order valence-electron chi connectivity index (χ3n) is 2.41. The fraction of sp³-hybridized carbons (Fsp3) is 0.182. The van der Waals surface area contributed by atoms with Gasteiger partial charge in [0.15, 0.2) is 0 Å². The summed E-state index contributed by atoms with van der Waals surface area (Å²) in [6, 6.07) is 7.07. The predicted octanol–water partition coefficient (Wildman–Crippen LogP) is 1.30. The molecule has 0 atom stereocenters. The summed E-state index contributed by atoms with van der Waals surface area (Å²) in [4.78, 5) is 10.9. The highest BCUT2D eigenvalue weighted by Crippen LogP contribution is 2.20. The maximum Gasteiger partial charge on any atom is 0.336 e. The quantitative estimate of drug-likeness (QED) is 0.791. The third-order valence-corrected chi connectivity index (χ3v) is 2.41. The van der Waals surface area contributed by atoms with Gasteiger partial charge in [0, 0.05) is 30.2 Å². The van der Waals surface area contributed by atoms with E-state index >= 15 is 0 Å². The lowest BCUT2D eigenvalue weighted by Crippen LogP contribution is -2.08. The van der Waals surface area contributed by atoms with Crippen LogP contribution in [0.25, 0.3) is 10.9 Å². The zero-order valence-corrected chi connectivity index (χ0v) is 8.18. The molecule has 2 rings (SSSR count). The molecular formula is C11H12N2O2. The van der Waals surface area contributed by atoms with Crippen LogP contribution in [0, 0.1) is 0 Å². The number of aromatic nitrogens is 1. The van der Waals surface area contributed by atoms with Crippen molar-refractivity contribution >= 4 is 16.9 Å². The molecule has 3 N–H and O–H groups in total. The molecule has 0 saturated carbocycles. The molecule has 0 fully saturated rings. The Labute approximate surface area is 86.9 Å². The zero-order valence-electron chi connectivity index (χ0n) is 8.18. The van der Waals surface area contributed by atoms with Crippen LogP contribution in [-0.4, -0.2) is 22.2 Å². The van der Waals surface area contributed by atoms with Gasteiger partial charge in [-0.15, -0.1) is 0 Å². The van der Waals surface area contributed by atoms with E-state index < -0.39 is 5.97 Å². The second-order valence-corrected chi connectivity index (χ2v) is 3.34. The van der Waals surface area contributed by atoms with Gasteiger partial charge in [0.1, 0.15) is 0 Å². The molecule has 0 aliphatic heterocycles. The van der Waals surface area contributed by atoms with Gasteiger partial charge in [-0.05, 0) is 18.2 Å². The van der Waals surface area contributed by atoms with Crippen LogP contribution < -0.4 is 5.73 Å². The van der Waals surface area contributed by atoms with Crippen LogP contribution in [0.15, 0.2) is 30.5 Å². The first-order valence-electron chi connectivity index (χ1n) is 4.75. The minimum absolute atomic E-state index is 0.336. The molecule has 0 radical (unpaired) electrons. The van der Waals surface area contributed by atoms with E-state index in [0.29, 0.717) is 18.7 Å². The van der Waals surface area contributed by atoms with Gasteiger partial charge in [0.2, 0.25) is 0 Å². The minimum atomic E-state index is -0.897. The van der Waals surface area contributed by atoms with E-state index in [9.17, 15) is 4.79 Å². The summed E-state index contributed by atoms with van der Waals surface area (Å²) in [6.45, 7) is 1.24. The summed E-state index contributed by atoms with van der Waals surface area (Å²) >= 11 is 0. The highest BCUT2D eigenvalue weighted by molar-refractivity contribution is 6.02. The van der Waals surface area contributed by atoms with Gasteiger partial charge in [0.25, 0.3) is 0 Å². The number of carboxylic acid groups (broad SMARTS) is 1. The number of carbonyl (C=O) groups is 1. The van der Waals surface area contributed by atoms with Crippen LogP contribution in [0.1, 0.15) is 10.4 Å². The summed E-state index contributed by atoms with van der Waals surface area (Å²) in [6.07, 6.45) is 1.87. The normalized spacial score (nSPS) is 10.7. The van der Waals surface area contributed by atoms with Crippen molar-refractivity contribution in [3.8, 4) is 0 Å². The van der Waals surface area contributed by atoms with E-state index in [0.717, 1.165) is 10.9 Å². The van der Waals surface area contributed by atoms with E-state index in [-0.39, 0.29) is 0 Å². The van der Waals surface area contributed by atoms with Crippen molar-refractivity contribution in [1.82, 2.24) is 4.57 Å². The van der Waals surface area contributed by atoms with Crippen LogP contribution in [0.3, 0.4) is 0 Å². The van der Waals surface area contributed by atoms with Crippen LogP contribution in [0.5, 0.6) is 0 Å². The molecule has 15 heavy (non-hydrogen) atoms. The van der Waals surface area contributed by atoms with Gasteiger partial charge in [-0.1, -0.05) is 6.07 Å². The van der Waals surface area contributed by atoms with Crippen LogP contribution in [-0.2, 0) is 6.54 Å². The van der Waals surface area contributed by atoms with Crippen molar-refractivity contribution in [3.63, 3.8) is 0 Å². The topological polar surface area (TPSA) is 68.2 Å². The number of hydrogen-bond donors (Lipinski definition) is 2. The zero-order chi connectivity index (χ0) is 10.8. The highest BCUT2D eigenvalue weighted by atomic mass is 16.4. The molecule has 4 nitrogen and oxygen atoms in total. The van der Waals surface area contributed by atoms with E-state index in [1.807, 2.05) is 22.9 Å². The van der Waals surface area contributed by atoms with E-state index in [4.69, 9.17) is 10.8 Å². The van der Waals surface area contributed by atoms with E-state index in [2.05, 4.69) is 0 Å². The largest absolute Gasteiger partial charge is 0.478 e. The number of nitrogens with two attached hydrogens (primary N) is 1. The van der Waals surface area contributed by atoms with Crippen LogP contribution >= 0.6 is 0 Å². The van der Waals surface area contributed by atoms with E-state index in [1.165, 1.54) is 0 Å². The highest BCUT2D eigenvalue weighted by Gasteiger charge is 2.09. The Hall–Kier alpha value is -1.81. The molecule has 1 aromatic heterocycles. The smallest absolute Gasteiger partial charge is 0.336 e. The lowest BCUT2D eigenvalue weighted by atomic mass is 10.1. The summed E-state index contributed by atoms with van der Waals surface area (Å²) < 4.78 is 1.96. The van der Waals surface area contributed by atoms with Crippen molar-refractivity contribution in [1.29, 1.82) is 0 Å². The minimum Gasteiger partial charge on any atom is -0.478 e. The molecule has 0 saturated heterocycles. The molecule has 0 unspecified atom stereocenters. The second-order valence-electron chi connectivity index (χ2n) is 3.34. The fourth-order valence-corrected chi connectivity index (χ4v) is 1.74. The molecule has 4 heteroatoms. The van der Waals surface area contributed by atoms with Gasteiger partial charge < -0.3 is 15.4 Å². The molecule has 0 aliphatic carbocycles. The summed E-state index contributed by atoms with van der Waals surface area (Å²) in [5, 5.41) is 9.75. The Bertz CT molecular complexity index is 502. The number of benzene rings is 1. The number of nitrogens with zero attached hydrogens (tertiary/aromatic N) is 1. The number of fused-ring (bicyclic) bond motifs is 1. The molecule has 1 heterocycles. The Balaban J connectivity index is 2.63. The molecule has 2 aromatic rings. The lowest BCUT2D eigenvalue weighted by molar-refractivity contribution is 0.0699. The molecular weight excluding hydrogens is 192 g/mol. The molecule has 0 spiro atoms. The van der Waals surface area contributed by atoms with Gasteiger partial charge >= 0.3 is 5.97 Å². The van der Waals surface area contributed by atoms with E-state index in [1.54, 1.807) is 12.1 Å². The van der Waals surface area contributed by atoms with Crippen LogP contribution in [0.2, 0.25) is 0 Å². The van der Waals surface area contributed by atoms with Crippen LogP contribution in [0.4, 0.5) is 0 Å². The monoisotopic (exact) mass is 204 g/mol. The number of aromatic carboxylic acids is 1. The van der Waals surface area contributed by atoms with Gasteiger partial charge in [-0.25, -0.2) is 4.79 Å². The Kier molecular flexibility index (Phi) is 2.43. The first-order valence-corrected chi connectivity index (χ1v) is 4.75. The Morgan fingerprint density at radius 3 is 2.87 bits per heavy atom. The van der Waals surface area contributed by atoms with Crippen molar-refractivity contribution < 1.29 is 9.90 Å². The Morgan fingerprint density at radius 2 is 2.20 bits per heavy atom. The number of rotatable bonds is 3. The average Bonchev–Trinajstić information content (AvgIpc) is 2.62. The van der Waals surface area contributed by atoms with Crippen molar-refractivity contribution in [2.75, 3.05) is 6.54 Å². The molecule has 0 aliphatic rings. The summed E-state index contributed by atoms with van der Waals surface area (Å²) in [5.74, 6) is -0.897. The van der Waals surface area contributed by atoms with Crippen molar-refractivity contribution in [3.05, 3.63) is 36.0 Å². The number of hydrogen-bond acceptors (Lipinski definition) is 2. The molecule has 0 amide bonds. The van der Waals surface area contributed by atoms with Crippen molar-refractivity contribution in [2.24, 2.45) is 5.73 Å². The SMILES string of the molecule is NCCn1ccc2c(C(=O)O)cccc21. The van der Waals surface area contributed by atoms with Gasteiger partial charge in [-0.2, -0.15) is 0 Å². The average molecular weight is 204 g/mol. The third kappa shape index (κ3) is 1.59. The molecule has 0 bridgehead atoms. The first-order chi connectivity index (χ1) is 7.24. The maximum atomic E-state index is 10.9. The standard InChI is InChI=1S/C11H12N2O2/c12-5-7-13-6-4-8-9(11(14)15)2-1-3-10(8)13/h1-4,6H,5,7,12H2,(H,14,15). The Morgan fingerprint density at radius 1 is 1.40 bits per heavy atom. The van der Waals surface area contributed by atoms with Crippen molar-refractivity contribution in [2.45, 2.75) is 6.54 Å². The predicted molar refractivity (Wildman–Crippen MR) is 58.0 cm³/mol. The van der Waals surface area contributed by atoms with Gasteiger partial charge in [-0.3, -0.25) is 0 Å². The maximum absolute atomic E-state index is 10.9. The van der Waals surface area contributed by atoms with Gasteiger partial charge in [0.05, 0.1) is 5.56 Å². The number of carboxylic acids is 1. The fourth-order valence-electron chi connectivity index (χ4n) is 1.74. The molecule has 78 valence electrons. The summed E-state index contributed by atoms with van der Waals surface area (Å²) in [5.41, 5.74) is 6.72. The summed E-state index contributed by atoms with van der Waals surface area (Å²) in [7, 11) is 0. The first kappa shape index (κ1) is 9.73.